The number of hydrogen-bond acceptors (Lipinski definition) is 0. The van der Waals surface area contributed by atoms with Crippen LogP contribution in [0.4, 0.5) is 0 Å². The zero-order chi connectivity index (χ0) is 27.2. The molecule has 0 bridgehead atoms. The average Bonchev–Trinajstić information content (AvgIpc) is 3.24. The molecule has 2 fully saturated rings. The lowest BCUT2D eigenvalue weighted by Gasteiger charge is -2.52. The van der Waals surface area contributed by atoms with Crippen molar-refractivity contribution in [3.63, 3.8) is 0 Å². The second kappa shape index (κ2) is 12.5. The second-order valence-corrected chi connectivity index (χ2v) is 12.1. The molecular weight excluding hydrogens is 444 g/mol. The van der Waals surface area contributed by atoms with Crippen LogP contribution >= 0.6 is 0 Å². The van der Waals surface area contributed by atoms with Gasteiger partial charge in [-0.15, -0.1) is 0 Å². The minimum atomic E-state index is 0.158. The fourth-order valence-electron chi connectivity index (χ4n) is 7.47. The molecule has 0 heterocycles. The standard InChI is InChI=1S/C24H32.C10H12.C3H8/c1-6-17(3)20-9-10-21-19-8-7-18-15-16(2)11-13-23(18,4)22(19)12-14-24(20,21)5;1-3-6-10-8-5-4-7-9(10)2;1-3-2/h11-13,15,19-21H,2-3,6-10,14H2,1,4-5H3;3-8H,1-2H3;3H2,1-2H3/b;6-3-;/t19?,20-,21?,23+,24-;;/m1../s1. The zero-order valence-corrected chi connectivity index (χ0v) is 24.9. The lowest BCUT2D eigenvalue weighted by Crippen LogP contribution is -2.43. The third-order valence-corrected chi connectivity index (χ3v) is 9.52. The Morgan fingerprint density at radius 3 is 2.43 bits per heavy atom. The molecule has 5 rings (SSSR count). The van der Waals surface area contributed by atoms with Gasteiger partial charge in [0.1, 0.15) is 0 Å². The molecule has 0 N–H and O–H groups in total. The summed E-state index contributed by atoms with van der Waals surface area (Å²) in [6, 6.07) is 8.36. The van der Waals surface area contributed by atoms with Crippen LogP contribution in [0.15, 0.2) is 90.1 Å². The minimum Gasteiger partial charge on any atom is -0.0996 e. The number of allylic oxidation sites excluding steroid dienone is 9. The van der Waals surface area contributed by atoms with Crippen LogP contribution in [0.2, 0.25) is 0 Å². The molecule has 2 unspecified atom stereocenters. The van der Waals surface area contributed by atoms with E-state index in [1.54, 1.807) is 11.1 Å². The van der Waals surface area contributed by atoms with Gasteiger partial charge in [-0.05, 0) is 99.2 Å². The van der Waals surface area contributed by atoms with E-state index >= 15 is 0 Å². The van der Waals surface area contributed by atoms with E-state index < -0.39 is 0 Å². The molecule has 0 aliphatic heterocycles. The average molecular weight is 497 g/mol. The van der Waals surface area contributed by atoms with Crippen LogP contribution in [0.5, 0.6) is 0 Å². The molecule has 1 aromatic carbocycles. The highest BCUT2D eigenvalue weighted by Crippen LogP contribution is 2.65. The van der Waals surface area contributed by atoms with Crippen molar-refractivity contribution in [3.05, 3.63) is 101 Å². The molecular formula is C37H52. The van der Waals surface area contributed by atoms with Crippen LogP contribution in [-0.2, 0) is 0 Å². The fraction of sp³-hybridized carbons (Fsp3) is 0.514. The quantitative estimate of drug-likeness (QED) is 0.365. The Bertz CT molecular complexity index is 1090. The summed E-state index contributed by atoms with van der Waals surface area (Å²) < 4.78 is 0. The molecule has 0 amide bonds. The van der Waals surface area contributed by atoms with Gasteiger partial charge >= 0.3 is 0 Å². The molecule has 200 valence electrons. The maximum atomic E-state index is 4.43. The van der Waals surface area contributed by atoms with Crippen LogP contribution in [0.25, 0.3) is 6.08 Å². The monoisotopic (exact) mass is 496 g/mol. The highest BCUT2D eigenvalue weighted by atomic mass is 14.6. The van der Waals surface area contributed by atoms with Crippen molar-refractivity contribution in [1.82, 2.24) is 0 Å². The first-order chi connectivity index (χ1) is 17.7. The number of benzene rings is 1. The molecule has 0 spiro atoms. The zero-order valence-electron chi connectivity index (χ0n) is 24.9. The summed E-state index contributed by atoms with van der Waals surface area (Å²) >= 11 is 0. The van der Waals surface area contributed by atoms with E-state index in [9.17, 15) is 0 Å². The molecule has 0 radical (unpaired) electrons. The molecule has 4 aliphatic carbocycles. The topological polar surface area (TPSA) is 0 Å². The summed E-state index contributed by atoms with van der Waals surface area (Å²) in [4.78, 5) is 0. The highest BCUT2D eigenvalue weighted by molar-refractivity contribution is 5.53. The van der Waals surface area contributed by atoms with Crippen molar-refractivity contribution in [2.24, 2.45) is 28.6 Å². The van der Waals surface area contributed by atoms with E-state index in [2.05, 4.69) is 115 Å². The summed E-state index contributed by atoms with van der Waals surface area (Å²) in [7, 11) is 0. The van der Waals surface area contributed by atoms with Crippen molar-refractivity contribution in [2.45, 2.75) is 93.4 Å². The van der Waals surface area contributed by atoms with Crippen LogP contribution in [-0.4, -0.2) is 0 Å². The molecule has 1 aromatic rings. The van der Waals surface area contributed by atoms with E-state index in [0.717, 1.165) is 24.2 Å². The first-order valence-corrected chi connectivity index (χ1v) is 14.8. The van der Waals surface area contributed by atoms with Crippen LogP contribution < -0.4 is 0 Å². The van der Waals surface area contributed by atoms with Gasteiger partial charge in [0, 0.05) is 5.41 Å². The molecule has 37 heavy (non-hydrogen) atoms. The molecule has 4 aliphatic rings. The number of rotatable bonds is 3. The predicted molar refractivity (Wildman–Crippen MR) is 165 cm³/mol. The first kappa shape index (κ1) is 29.2. The van der Waals surface area contributed by atoms with Crippen molar-refractivity contribution >= 4 is 6.08 Å². The van der Waals surface area contributed by atoms with E-state index in [4.69, 9.17) is 0 Å². The van der Waals surface area contributed by atoms with E-state index in [1.807, 2.05) is 6.92 Å². The van der Waals surface area contributed by atoms with Crippen molar-refractivity contribution < 1.29 is 0 Å². The number of aryl methyl sites for hydroxylation is 1. The van der Waals surface area contributed by atoms with Crippen molar-refractivity contribution in [2.75, 3.05) is 0 Å². The SMILES string of the molecule is C/C=C\c1ccccc1C.C=C1C=C[C@@]2(C)C(=C1)CCC1C2=CC[C@@]2(C)C1CC[C@@H]2C(=C)CC.CCC. The Kier molecular flexibility index (Phi) is 9.85. The summed E-state index contributed by atoms with van der Waals surface area (Å²) in [5, 5.41) is 0. The van der Waals surface area contributed by atoms with E-state index in [0.29, 0.717) is 5.41 Å². The number of hydrogen-bond donors (Lipinski definition) is 0. The molecule has 5 atom stereocenters. The van der Waals surface area contributed by atoms with Crippen molar-refractivity contribution in [3.8, 4) is 0 Å². The Balaban J connectivity index is 0.000000244. The van der Waals surface area contributed by atoms with Gasteiger partial charge in [0.15, 0.2) is 0 Å². The van der Waals surface area contributed by atoms with Gasteiger partial charge in [-0.2, -0.15) is 0 Å². The normalized spacial score (nSPS) is 31.5. The van der Waals surface area contributed by atoms with Gasteiger partial charge in [-0.3, -0.25) is 0 Å². The minimum absolute atomic E-state index is 0.158. The van der Waals surface area contributed by atoms with Crippen LogP contribution in [0, 0.1) is 35.5 Å². The van der Waals surface area contributed by atoms with Gasteiger partial charge < -0.3 is 0 Å². The lowest BCUT2D eigenvalue weighted by atomic mass is 9.52. The van der Waals surface area contributed by atoms with Crippen LogP contribution in [0.1, 0.15) is 97.6 Å². The smallest absolute Gasteiger partial charge is 0.0281 e. The lowest BCUT2D eigenvalue weighted by molar-refractivity contribution is 0.104. The highest BCUT2D eigenvalue weighted by Gasteiger charge is 2.55. The van der Waals surface area contributed by atoms with Crippen LogP contribution in [0.3, 0.4) is 0 Å². The summed E-state index contributed by atoms with van der Waals surface area (Å²) in [6.07, 6.45) is 22.8. The molecule has 0 saturated heterocycles. The van der Waals surface area contributed by atoms with Gasteiger partial charge in [0.2, 0.25) is 0 Å². The van der Waals surface area contributed by atoms with Gasteiger partial charge in [-0.1, -0.05) is 125 Å². The Morgan fingerprint density at radius 2 is 1.78 bits per heavy atom. The molecule has 0 aromatic heterocycles. The van der Waals surface area contributed by atoms with E-state index in [-0.39, 0.29) is 5.41 Å². The van der Waals surface area contributed by atoms with Gasteiger partial charge in [0.05, 0.1) is 0 Å². The van der Waals surface area contributed by atoms with Gasteiger partial charge in [-0.25, -0.2) is 0 Å². The Morgan fingerprint density at radius 1 is 1.08 bits per heavy atom. The number of fused-ring (bicyclic) bond motifs is 5. The van der Waals surface area contributed by atoms with Crippen molar-refractivity contribution in [1.29, 1.82) is 0 Å². The Hall–Kier alpha value is -2.34. The maximum absolute atomic E-state index is 4.43. The largest absolute Gasteiger partial charge is 0.0996 e. The molecule has 0 nitrogen and oxygen atoms in total. The van der Waals surface area contributed by atoms with E-state index in [1.165, 1.54) is 60.8 Å². The fourth-order valence-corrected chi connectivity index (χ4v) is 7.47. The summed E-state index contributed by atoms with van der Waals surface area (Å²) in [5.74, 6) is 2.36. The summed E-state index contributed by atoms with van der Waals surface area (Å²) in [6.45, 7) is 24.3. The molecule has 0 heteroatoms. The Labute approximate surface area is 229 Å². The van der Waals surface area contributed by atoms with Gasteiger partial charge in [0.25, 0.3) is 0 Å². The predicted octanol–water partition coefficient (Wildman–Crippen LogP) is 11.2. The third-order valence-electron chi connectivity index (χ3n) is 9.52. The third kappa shape index (κ3) is 5.89. The second-order valence-electron chi connectivity index (χ2n) is 12.1. The first-order valence-electron chi connectivity index (χ1n) is 14.8. The maximum Gasteiger partial charge on any atom is 0.0281 e. The summed E-state index contributed by atoms with van der Waals surface area (Å²) in [5.41, 5.74) is 9.22. The molecule has 2 saturated carbocycles.